The zero-order valence-electron chi connectivity index (χ0n) is 7.51. The fourth-order valence-electron chi connectivity index (χ4n) is 1.09. The minimum atomic E-state index is 0.104. The van der Waals surface area contributed by atoms with Crippen LogP contribution in [0.25, 0.3) is 0 Å². The molecule has 0 saturated carbocycles. The predicted octanol–water partition coefficient (Wildman–Crippen LogP) is 2.60. The van der Waals surface area contributed by atoms with E-state index < -0.39 is 0 Å². The van der Waals surface area contributed by atoms with Crippen LogP contribution in [0.1, 0.15) is 29.3 Å². The normalized spacial score (nSPS) is 10.0. The van der Waals surface area contributed by atoms with Gasteiger partial charge in [-0.1, -0.05) is 19.1 Å². The summed E-state index contributed by atoms with van der Waals surface area (Å²) in [4.78, 5) is 11.3. The summed E-state index contributed by atoms with van der Waals surface area (Å²) in [7, 11) is 0. The van der Waals surface area contributed by atoms with Gasteiger partial charge in [-0.15, -0.1) is 11.6 Å². The highest BCUT2D eigenvalue weighted by Gasteiger charge is 2.05. The van der Waals surface area contributed by atoms with Gasteiger partial charge in [0.15, 0.2) is 5.78 Å². The maximum absolute atomic E-state index is 11.3. The molecule has 1 aromatic carbocycles. The molecule has 0 atom stereocenters. The van der Waals surface area contributed by atoms with Gasteiger partial charge in [-0.2, -0.15) is 0 Å². The monoisotopic (exact) mass is 197 g/mol. The van der Waals surface area contributed by atoms with Crippen molar-refractivity contribution >= 4 is 23.1 Å². The number of hydrogen-bond acceptors (Lipinski definition) is 2. The van der Waals surface area contributed by atoms with Crippen LogP contribution in [0.3, 0.4) is 0 Å². The molecule has 0 aromatic heterocycles. The van der Waals surface area contributed by atoms with Crippen molar-refractivity contribution < 1.29 is 4.79 Å². The number of halogens is 1. The topological polar surface area (TPSA) is 43.1 Å². The highest BCUT2D eigenvalue weighted by molar-refractivity contribution is 6.17. The van der Waals surface area contributed by atoms with E-state index in [2.05, 4.69) is 0 Å². The van der Waals surface area contributed by atoms with Gasteiger partial charge in [0, 0.05) is 23.6 Å². The first-order chi connectivity index (χ1) is 6.19. The molecule has 0 amide bonds. The Morgan fingerprint density at radius 2 is 2.23 bits per heavy atom. The summed E-state index contributed by atoms with van der Waals surface area (Å²) in [6.07, 6.45) is 0.500. The van der Waals surface area contributed by atoms with Gasteiger partial charge < -0.3 is 5.73 Å². The van der Waals surface area contributed by atoms with Crippen molar-refractivity contribution in [2.45, 2.75) is 19.2 Å². The number of rotatable bonds is 3. The second-order valence-electron chi connectivity index (χ2n) is 2.82. The summed E-state index contributed by atoms with van der Waals surface area (Å²) in [5.74, 6) is 0.486. The van der Waals surface area contributed by atoms with Gasteiger partial charge >= 0.3 is 0 Å². The second-order valence-corrected chi connectivity index (χ2v) is 3.09. The molecule has 0 unspecified atom stereocenters. The third-order valence-electron chi connectivity index (χ3n) is 1.93. The molecule has 0 heterocycles. The molecule has 3 heteroatoms. The van der Waals surface area contributed by atoms with Gasteiger partial charge in [-0.05, 0) is 11.6 Å². The van der Waals surface area contributed by atoms with E-state index in [9.17, 15) is 4.79 Å². The number of Topliss-reactive ketones (excluding diaryl/α,β-unsaturated/α-hetero) is 1. The van der Waals surface area contributed by atoms with Gasteiger partial charge in [0.1, 0.15) is 0 Å². The fraction of sp³-hybridized carbons (Fsp3) is 0.300. The van der Waals surface area contributed by atoms with E-state index in [0.717, 1.165) is 5.56 Å². The van der Waals surface area contributed by atoms with E-state index in [1.807, 2.05) is 6.92 Å². The lowest BCUT2D eigenvalue weighted by atomic mass is 10.1. The van der Waals surface area contributed by atoms with Crippen LogP contribution in [0.5, 0.6) is 0 Å². The fourth-order valence-corrected chi connectivity index (χ4v) is 1.34. The minimum absolute atomic E-state index is 0.104. The van der Waals surface area contributed by atoms with Crippen LogP contribution in [0, 0.1) is 0 Å². The Hall–Kier alpha value is -1.02. The van der Waals surface area contributed by atoms with Crippen molar-refractivity contribution in [2.24, 2.45) is 0 Å². The smallest absolute Gasteiger partial charge is 0.162 e. The Morgan fingerprint density at radius 1 is 1.54 bits per heavy atom. The van der Waals surface area contributed by atoms with Crippen LogP contribution in [0.4, 0.5) is 5.69 Å². The third-order valence-corrected chi connectivity index (χ3v) is 2.22. The molecular weight excluding hydrogens is 186 g/mol. The first kappa shape index (κ1) is 10.1. The molecule has 1 aromatic rings. The van der Waals surface area contributed by atoms with Gasteiger partial charge in [-0.25, -0.2) is 0 Å². The molecule has 0 spiro atoms. The molecule has 13 heavy (non-hydrogen) atoms. The molecule has 0 aliphatic rings. The lowest BCUT2D eigenvalue weighted by Crippen LogP contribution is -2.00. The van der Waals surface area contributed by atoms with E-state index in [0.29, 0.717) is 23.6 Å². The number of benzene rings is 1. The molecule has 70 valence electrons. The standard InChI is InChI=1S/C10H12ClNO/c1-2-10(13)7-3-4-8(6-11)9(12)5-7/h3-5H,2,6,12H2,1H3. The zero-order valence-corrected chi connectivity index (χ0v) is 8.27. The Bertz CT molecular complexity index is 323. The first-order valence-corrected chi connectivity index (χ1v) is 4.70. The van der Waals surface area contributed by atoms with Crippen molar-refractivity contribution in [3.8, 4) is 0 Å². The van der Waals surface area contributed by atoms with Gasteiger partial charge in [0.05, 0.1) is 0 Å². The van der Waals surface area contributed by atoms with E-state index in [1.54, 1.807) is 18.2 Å². The molecule has 2 N–H and O–H groups in total. The highest BCUT2D eigenvalue weighted by Crippen LogP contribution is 2.17. The molecule has 0 fully saturated rings. The number of carbonyl (C=O) groups is 1. The largest absolute Gasteiger partial charge is 0.398 e. The average molecular weight is 198 g/mol. The maximum Gasteiger partial charge on any atom is 0.162 e. The van der Waals surface area contributed by atoms with Gasteiger partial charge in [0.25, 0.3) is 0 Å². The van der Waals surface area contributed by atoms with Crippen molar-refractivity contribution in [3.63, 3.8) is 0 Å². The van der Waals surface area contributed by atoms with E-state index in [1.165, 1.54) is 0 Å². The number of anilines is 1. The van der Waals surface area contributed by atoms with Crippen LogP contribution in [0.15, 0.2) is 18.2 Å². The SMILES string of the molecule is CCC(=O)c1ccc(CCl)c(N)c1. The van der Waals surface area contributed by atoms with Crippen LogP contribution < -0.4 is 5.73 Å². The summed E-state index contributed by atoms with van der Waals surface area (Å²) < 4.78 is 0. The molecule has 1 rings (SSSR count). The summed E-state index contributed by atoms with van der Waals surface area (Å²) >= 11 is 5.63. The Morgan fingerprint density at radius 3 is 2.69 bits per heavy atom. The van der Waals surface area contributed by atoms with Crippen LogP contribution in [0.2, 0.25) is 0 Å². The lowest BCUT2D eigenvalue weighted by Gasteiger charge is -2.03. The maximum atomic E-state index is 11.3. The summed E-state index contributed by atoms with van der Waals surface area (Å²) in [6, 6.07) is 5.24. The first-order valence-electron chi connectivity index (χ1n) is 4.16. The molecule has 0 radical (unpaired) electrons. The number of ketones is 1. The number of nitrogens with two attached hydrogens (primary N) is 1. The molecule has 0 bridgehead atoms. The molecule has 0 aliphatic carbocycles. The zero-order chi connectivity index (χ0) is 9.84. The van der Waals surface area contributed by atoms with Crippen LogP contribution in [-0.2, 0) is 5.88 Å². The van der Waals surface area contributed by atoms with E-state index in [4.69, 9.17) is 17.3 Å². The van der Waals surface area contributed by atoms with Crippen LogP contribution >= 0.6 is 11.6 Å². The van der Waals surface area contributed by atoms with Gasteiger partial charge in [0.2, 0.25) is 0 Å². The summed E-state index contributed by atoms with van der Waals surface area (Å²) in [6.45, 7) is 1.83. The van der Waals surface area contributed by atoms with Crippen molar-refractivity contribution in [2.75, 3.05) is 5.73 Å². The Labute approximate surface area is 82.7 Å². The second kappa shape index (κ2) is 4.28. The third kappa shape index (κ3) is 2.22. The number of carbonyl (C=O) groups excluding carboxylic acids is 1. The predicted molar refractivity (Wildman–Crippen MR) is 55.0 cm³/mol. The van der Waals surface area contributed by atoms with Crippen molar-refractivity contribution in [3.05, 3.63) is 29.3 Å². The quantitative estimate of drug-likeness (QED) is 0.460. The van der Waals surface area contributed by atoms with Gasteiger partial charge in [-0.3, -0.25) is 4.79 Å². The average Bonchev–Trinajstić information content (AvgIpc) is 2.16. The molecule has 0 saturated heterocycles. The highest BCUT2D eigenvalue weighted by atomic mass is 35.5. The summed E-state index contributed by atoms with van der Waals surface area (Å²) in [5, 5.41) is 0. The number of hydrogen-bond donors (Lipinski definition) is 1. The van der Waals surface area contributed by atoms with Crippen molar-refractivity contribution in [1.82, 2.24) is 0 Å². The number of alkyl halides is 1. The summed E-state index contributed by atoms with van der Waals surface area (Å²) in [5.41, 5.74) is 7.81. The molecular formula is C10H12ClNO. The molecule has 0 aliphatic heterocycles. The van der Waals surface area contributed by atoms with E-state index in [-0.39, 0.29) is 5.78 Å². The van der Waals surface area contributed by atoms with Crippen LogP contribution in [-0.4, -0.2) is 5.78 Å². The minimum Gasteiger partial charge on any atom is -0.398 e. The Kier molecular flexibility index (Phi) is 3.32. The molecule has 2 nitrogen and oxygen atoms in total. The van der Waals surface area contributed by atoms with Crippen molar-refractivity contribution in [1.29, 1.82) is 0 Å². The Balaban J connectivity index is 3.02. The lowest BCUT2D eigenvalue weighted by molar-refractivity contribution is 0.0988. The number of nitrogen functional groups attached to an aromatic ring is 1. The van der Waals surface area contributed by atoms with E-state index >= 15 is 0 Å².